The van der Waals surface area contributed by atoms with Crippen molar-refractivity contribution in [3.8, 4) is 28.0 Å². The average molecular weight is 457 g/mol. The minimum Gasteiger partial charge on any atom is -0.493 e. The highest BCUT2D eigenvalue weighted by Gasteiger charge is 2.37. The van der Waals surface area contributed by atoms with Crippen LogP contribution in [0.15, 0.2) is 60.7 Å². The zero-order chi connectivity index (χ0) is 24.5. The molecule has 3 heteroatoms. The first kappa shape index (κ1) is 24.2. The number of hydrogen-bond donors (Lipinski definition) is 1. The number of ether oxygens (including phenoxy) is 1. The average Bonchev–Trinajstić information content (AvgIpc) is 2.82. The fourth-order valence-corrected chi connectivity index (χ4v) is 4.96. The number of fused-ring (bicyclic) bond motifs is 1. The second-order valence-corrected chi connectivity index (χ2v) is 10.8. The molecule has 0 radical (unpaired) electrons. The molecule has 0 saturated carbocycles. The zero-order valence-electron chi connectivity index (χ0n) is 21.1. The monoisotopic (exact) mass is 456 g/mol. The third kappa shape index (κ3) is 4.81. The summed E-state index contributed by atoms with van der Waals surface area (Å²) in [6, 6.07) is 20.9. The molecule has 178 valence electrons. The highest BCUT2D eigenvalue weighted by Crippen LogP contribution is 2.47. The van der Waals surface area contributed by atoms with Crippen molar-refractivity contribution in [3.63, 3.8) is 0 Å². The van der Waals surface area contributed by atoms with E-state index in [2.05, 4.69) is 58.0 Å². The quantitative estimate of drug-likeness (QED) is 0.299. The second kappa shape index (κ2) is 9.38. The lowest BCUT2D eigenvalue weighted by atomic mass is 9.63. The van der Waals surface area contributed by atoms with E-state index in [1.54, 1.807) is 6.92 Å². The van der Waals surface area contributed by atoms with Gasteiger partial charge in [-0.2, -0.15) is 0 Å². The number of aliphatic hydroxyl groups excluding tert-OH is 1. The molecule has 0 aromatic heterocycles. The van der Waals surface area contributed by atoms with Crippen LogP contribution in [0.2, 0.25) is 0 Å². The van der Waals surface area contributed by atoms with Crippen LogP contribution in [0.5, 0.6) is 5.75 Å². The van der Waals surface area contributed by atoms with Gasteiger partial charge in [0.15, 0.2) is 5.78 Å². The molecule has 0 aliphatic heterocycles. The summed E-state index contributed by atoms with van der Waals surface area (Å²) in [7, 11) is 0. The third-order valence-electron chi connectivity index (χ3n) is 7.33. The number of aliphatic hydroxyl groups is 1. The van der Waals surface area contributed by atoms with E-state index in [-0.39, 0.29) is 23.2 Å². The van der Waals surface area contributed by atoms with E-state index >= 15 is 0 Å². The fourth-order valence-electron chi connectivity index (χ4n) is 4.96. The van der Waals surface area contributed by atoms with Crippen molar-refractivity contribution in [2.75, 3.05) is 13.2 Å². The molecule has 1 N–H and O–H groups in total. The molecule has 4 rings (SSSR count). The summed E-state index contributed by atoms with van der Waals surface area (Å²) in [5.41, 5.74) is 8.20. The van der Waals surface area contributed by atoms with Gasteiger partial charge < -0.3 is 9.84 Å². The number of carbonyl (C=O) groups excluding carboxylic acids is 1. The minimum atomic E-state index is 0.0690. The molecule has 0 atom stereocenters. The number of hydrogen-bond acceptors (Lipinski definition) is 3. The number of Topliss-reactive ketones (excluding diaryl/α,β-unsaturated/α-hetero) is 1. The Hall–Kier alpha value is -2.91. The SMILES string of the molecule is CC(=O)c1ccc(-c2ccc(OCCCO)c(-c3ccc4c(c3)C(C)(C)CCC4(C)C)c2)cc1. The highest BCUT2D eigenvalue weighted by atomic mass is 16.5. The van der Waals surface area contributed by atoms with E-state index in [1.807, 2.05) is 30.3 Å². The Kier molecular flexibility index (Phi) is 6.69. The molecule has 0 heterocycles. The molecule has 0 saturated heterocycles. The summed E-state index contributed by atoms with van der Waals surface area (Å²) in [5, 5.41) is 9.22. The van der Waals surface area contributed by atoms with Crippen LogP contribution in [0.1, 0.15) is 75.4 Å². The van der Waals surface area contributed by atoms with Crippen LogP contribution in [-0.2, 0) is 10.8 Å². The summed E-state index contributed by atoms with van der Waals surface area (Å²) in [6.07, 6.45) is 2.95. The number of rotatable bonds is 7. The molecule has 3 nitrogen and oxygen atoms in total. The summed E-state index contributed by atoms with van der Waals surface area (Å²) in [6.45, 7) is 11.5. The van der Waals surface area contributed by atoms with Crippen molar-refractivity contribution in [2.45, 2.75) is 64.7 Å². The van der Waals surface area contributed by atoms with Gasteiger partial charge in [-0.15, -0.1) is 0 Å². The molecule has 3 aromatic rings. The molecule has 1 aliphatic rings. The van der Waals surface area contributed by atoms with E-state index in [0.29, 0.717) is 18.6 Å². The Bertz CT molecular complexity index is 1190. The number of ketones is 1. The van der Waals surface area contributed by atoms with E-state index in [4.69, 9.17) is 4.74 Å². The van der Waals surface area contributed by atoms with Crippen LogP contribution in [0, 0.1) is 0 Å². The molecule has 0 bridgehead atoms. The summed E-state index contributed by atoms with van der Waals surface area (Å²) < 4.78 is 6.11. The highest BCUT2D eigenvalue weighted by molar-refractivity contribution is 5.94. The predicted molar refractivity (Wildman–Crippen MR) is 140 cm³/mol. The van der Waals surface area contributed by atoms with Gasteiger partial charge in [0.05, 0.1) is 6.61 Å². The maximum atomic E-state index is 11.7. The van der Waals surface area contributed by atoms with Gasteiger partial charge in [-0.3, -0.25) is 4.79 Å². The van der Waals surface area contributed by atoms with Crippen molar-refractivity contribution in [3.05, 3.63) is 77.4 Å². The first-order valence-corrected chi connectivity index (χ1v) is 12.3. The molecule has 34 heavy (non-hydrogen) atoms. The minimum absolute atomic E-state index is 0.0690. The first-order chi connectivity index (χ1) is 16.1. The van der Waals surface area contributed by atoms with Crippen LogP contribution >= 0.6 is 0 Å². The second-order valence-electron chi connectivity index (χ2n) is 10.8. The smallest absolute Gasteiger partial charge is 0.159 e. The van der Waals surface area contributed by atoms with Crippen molar-refractivity contribution in [2.24, 2.45) is 0 Å². The van der Waals surface area contributed by atoms with E-state index in [1.165, 1.54) is 24.0 Å². The van der Waals surface area contributed by atoms with Gasteiger partial charge in [-0.05, 0) is 70.5 Å². The number of benzene rings is 3. The Morgan fingerprint density at radius 1 is 0.824 bits per heavy atom. The summed E-state index contributed by atoms with van der Waals surface area (Å²) >= 11 is 0. The largest absolute Gasteiger partial charge is 0.493 e. The van der Waals surface area contributed by atoms with Crippen LogP contribution in [0.4, 0.5) is 0 Å². The zero-order valence-corrected chi connectivity index (χ0v) is 21.1. The standard InChI is InChI=1S/C31H36O3/c1-21(33)22-7-9-23(10-8-22)24-12-14-29(34-18-6-17-32)26(19-24)25-11-13-27-28(20-25)31(4,5)16-15-30(27,2)3/h7-14,19-20,32H,6,15-18H2,1-5H3. The summed E-state index contributed by atoms with van der Waals surface area (Å²) in [4.78, 5) is 11.7. The van der Waals surface area contributed by atoms with Crippen molar-refractivity contribution in [1.29, 1.82) is 0 Å². The third-order valence-corrected chi connectivity index (χ3v) is 7.33. The Balaban J connectivity index is 1.81. The van der Waals surface area contributed by atoms with Crippen molar-refractivity contribution >= 4 is 5.78 Å². The predicted octanol–water partition coefficient (Wildman–Crippen LogP) is 7.33. The molecule has 1 aliphatic carbocycles. The van der Waals surface area contributed by atoms with Gasteiger partial charge in [0, 0.05) is 24.2 Å². The Labute approximate surface area is 203 Å². The molecule has 0 amide bonds. The summed E-state index contributed by atoms with van der Waals surface area (Å²) in [5.74, 6) is 0.893. The fraction of sp³-hybridized carbons (Fsp3) is 0.387. The molecule has 3 aromatic carbocycles. The normalized spacial score (nSPS) is 16.1. The lowest BCUT2D eigenvalue weighted by molar-refractivity contribution is 0.101. The Morgan fingerprint density at radius 2 is 1.44 bits per heavy atom. The van der Waals surface area contributed by atoms with Gasteiger partial charge in [-0.25, -0.2) is 0 Å². The van der Waals surface area contributed by atoms with Crippen LogP contribution < -0.4 is 4.74 Å². The van der Waals surface area contributed by atoms with Gasteiger partial charge in [-0.1, -0.05) is 76.2 Å². The Morgan fingerprint density at radius 3 is 2.09 bits per heavy atom. The first-order valence-electron chi connectivity index (χ1n) is 12.3. The van der Waals surface area contributed by atoms with Crippen LogP contribution in [0.25, 0.3) is 22.3 Å². The van der Waals surface area contributed by atoms with Gasteiger partial charge in [0.1, 0.15) is 5.75 Å². The molecular weight excluding hydrogens is 420 g/mol. The maximum Gasteiger partial charge on any atom is 0.159 e. The van der Waals surface area contributed by atoms with E-state index < -0.39 is 0 Å². The number of carbonyl (C=O) groups is 1. The maximum absolute atomic E-state index is 11.7. The van der Waals surface area contributed by atoms with Crippen molar-refractivity contribution < 1.29 is 14.6 Å². The van der Waals surface area contributed by atoms with Crippen LogP contribution in [0.3, 0.4) is 0 Å². The molecule has 0 fully saturated rings. The van der Waals surface area contributed by atoms with Gasteiger partial charge in [0.2, 0.25) is 0 Å². The molecular formula is C31H36O3. The van der Waals surface area contributed by atoms with Crippen molar-refractivity contribution in [1.82, 2.24) is 0 Å². The lowest BCUT2D eigenvalue weighted by Gasteiger charge is -2.42. The molecule has 0 unspecified atom stereocenters. The molecule has 0 spiro atoms. The lowest BCUT2D eigenvalue weighted by Crippen LogP contribution is -2.33. The van der Waals surface area contributed by atoms with Gasteiger partial charge >= 0.3 is 0 Å². The van der Waals surface area contributed by atoms with Gasteiger partial charge in [0.25, 0.3) is 0 Å². The van der Waals surface area contributed by atoms with E-state index in [9.17, 15) is 9.90 Å². The van der Waals surface area contributed by atoms with Crippen LogP contribution in [-0.4, -0.2) is 24.1 Å². The van der Waals surface area contributed by atoms with E-state index in [0.717, 1.165) is 28.0 Å². The topological polar surface area (TPSA) is 46.5 Å².